The van der Waals surface area contributed by atoms with E-state index in [0.29, 0.717) is 6.04 Å². The molecule has 1 rings (SSSR count). The molecule has 4 heteroatoms. The second-order valence-corrected chi connectivity index (χ2v) is 4.94. The van der Waals surface area contributed by atoms with Crippen molar-refractivity contribution in [2.45, 2.75) is 37.3 Å². The maximum Gasteiger partial charge on any atom is 0.115 e. The number of halogens is 1. The predicted molar refractivity (Wildman–Crippen MR) is 67.5 cm³/mol. The minimum absolute atomic E-state index is 0.338. The van der Waals surface area contributed by atoms with E-state index in [1.807, 2.05) is 12.1 Å². The first-order valence-electron chi connectivity index (χ1n) is 5.23. The molecule has 0 aliphatic carbocycles. The van der Waals surface area contributed by atoms with Gasteiger partial charge in [0.2, 0.25) is 0 Å². The minimum Gasteiger partial charge on any atom is -0.328 e. The molecular formula is C11H17ClN2S. The maximum absolute atomic E-state index is 5.98. The van der Waals surface area contributed by atoms with Gasteiger partial charge in [-0.1, -0.05) is 18.5 Å². The molecule has 0 aliphatic rings. The van der Waals surface area contributed by atoms with Crippen molar-refractivity contribution in [1.29, 1.82) is 0 Å². The second kappa shape index (κ2) is 7.09. The lowest BCUT2D eigenvalue weighted by molar-refractivity contribution is 0.589. The zero-order chi connectivity index (χ0) is 11.1. The third-order valence-corrected chi connectivity index (χ3v) is 3.72. The zero-order valence-corrected chi connectivity index (χ0v) is 10.5. The van der Waals surface area contributed by atoms with Gasteiger partial charge in [0.25, 0.3) is 0 Å². The summed E-state index contributed by atoms with van der Waals surface area (Å²) in [4.78, 5) is 4.21. The second-order valence-electron chi connectivity index (χ2n) is 3.45. The summed E-state index contributed by atoms with van der Waals surface area (Å²) in [6.45, 7) is 2.12. The summed E-state index contributed by atoms with van der Waals surface area (Å²) < 4.78 is 0. The topological polar surface area (TPSA) is 38.9 Å². The molecular weight excluding hydrogens is 228 g/mol. The molecule has 0 amide bonds. The minimum atomic E-state index is 0.338. The number of thioether (sulfide) groups is 1. The molecule has 0 radical (unpaired) electrons. The molecule has 0 saturated carbocycles. The van der Waals surface area contributed by atoms with E-state index in [2.05, 4.69) is 11.9 Å². The van der Waals surface area contributed by atoms with Crippen molar-refractivity contribution in [2.75, 3.05) is 5.75 Å². The van der Waals surface area contributed by atoms with Crippen LogP contribution in [-0.4, -0.2) is 16.8 Å². The van der Waals surface area contributed by atoms with Crippen LogP contribution in [0.2, 0.25) is 5.02 Å². The van der Waals surface area contributed by atoms with Crippen LogP contribution in [0.4, 0.5) is 0 Å². The third-order valence-electron chi connectivity index (χ3n) is 2.21. The highest BCUT2D eigenvalue weighted by atomic mass is 35.5. The van der Waals surface area contributed by atoms with Gasteiger partial charge in [-0.05, 0) is 37.1 Å². The fraction of sp³-hybridized carbons (Fsp3) is 0.545. The summed E-state index contributed by atoms with van der Waals surface area (Å²) in [5.74, 6) is 1.03. The van der Waals surface area contributed by atoms with E-state index < -0.39 is 0 Å². The summed E-state index contributed by atoms with van der Waals surface area (Å²) >= 11 is 7.69. The normalized spacial score (nSPS) is 12.7. The zero-order valence-electron chi connectivity index (χ0n) is 8.95. The summed E-state index contributed by atoms with van der Waals surface area (Å²) in [6.07, 6.45) is 5.02. The van der Waals surface area contributed by atoms with E-state index in [-0.39, 0.29) is 0 Å². The van der Waals surface area contributed by atoms with Crippen LogP contribution in [0.3, 0.4) is 0 Å². The quantitative estimate of drug-likeness (QED) is 0.616. The average Bonchev–Trinajstić information content (AvgIpc) is 2.26. The van der Waals surface area contributed by atoms with E-state index in [1.54, 1.807) is 18.0 Å². The average molecular weight is 245 g/mol. The van der Waals surface area contributed by atoms with Crippen LogP contribution in [0, 0.1) is 0 Å². The number of aromatic nitrogens is 1. The van der Waals surface area contributed by atoms with Crippen LogP contribution in [0.25, 0.3) is 0 Å². The number of hydrogen-bond acceptors (Lipinski definition) is 3. The number of nitrogens with zero attached hydrogens (tertiary/aromatic N) is 1. The Balaban J connectivity index is 2.23. The Morgan fingerprint density at radius 1 is 1.60 bits per heavy atom. The van der Waals surface area contributed by atoms with Crippen LogP contribution in [0.5, 0.6) is 0 Å². The van der Waals surface area contributed by atoms with Crippen LogP contribution in [-0.2, 0) is 0 Å². The summed E-state index contributed by atoms with van der Waals surface area (Å²) in [5.41, 5.74) is 5.83. The van der Waals surface area contributed by atoms with Gasteiger partial charge < -0.3 is 5.73 Å². The van der Waals surface area contributed by atoms with Gasteiger partial charge in [0.15, 0.2) is 0 Å². The lowest BCUT2D eigenvalue weighted by Crippen LogP contribution is -2.18. The molecule has 0 fully saturated rings. The Labute approximate surface area is 101 Å². The van der Waals surface area contributed by atoms with E-state index in [9.17, 15) is 0 Å². The summed E-state index contributed by atoms with van der Waals surface area (Å²) in [7, 11) is 0. The van der Waals surface area contributed by atoms with Gasteiger partial charge >= 0.3 is 0 Å². The van der Waals surface area contributed by atoms with Gasteiger partial charge in [-0.25, -0.2) is 4.98 Å². The molecule has 2 nitrogen and oxygen atoms in total. The number of nitrogens with two attached hydrogens (primary N) is 1. The Hall–Kier alpha value is -0.250. The molecule has 1 heterocycles. The van der Waals surface area contributed by atoms with Crippen molar-refractivity contribution in [2.24, 2.45) is 5.73 Å². The predicted octanol–water partition coefficient (Wildman–Crippen LogP) is 3.34. The van der Waals surface area contributed by atoms with Crippen LogP contribution < -0.4 is 5.73 Å². The van der Waals surface area contributed by atoms with E-state index in [4.69, 9.17) is 17.3 Å². The first-order chi connectivity index (χ1) is 7.24. The highest BCUT2D eigenvalue weighted by molar-refractivity contribution is 7.99. The molecule has 0 aromatic carbocycles. The largest absolute Gasteiger partial charge is 0.328 e. The Bertz CT molecular complexity index is 294. The smallest absolute Gasteiger partial charge is 0.115 e. The molecule has 0 spiro atoms. The Kier molecular flexibility index (Phi) is 6.06. The van der Waals surface area contributed by atoms with Crippen molar-refractivity contribution >= 4 is 23.4 Å². The van der Waals surface area contributed by atoms with Gasteiger partial charge in [-0.15, -0.1) is 11.8 Å². The van der Waals surface area contributed by atoms with Crippen LogP contribution in [0.1, 0.15) is 26.2 Å². The van der Waals surface area contributed by atoms with Gasteiger partial charge in [-0.3, -0.25) is 0 Å². The van der Waals surface area contributed by atoms with E-state index >= 15 is 0 Å². The molecule has 1 aromatic rings. The molecule has 1 aromatic heterocycles. The Morgan fingerprint density at radius 3 is 3.07 bits per heavy atom. The number of pyridine rings is 1. The Morgan fingerprint density at radius 2 is 2.40 bits per heavy atom. The highest BCUT2D eigenvalue weighted by Crippen LogP contribution is 2.24. The monoisotopic (exact) mass is 244 g/mol. The molecule has 2 N–H and O–H groups in total. The van der Waals surface area contributed by atoms with Crippen LogP contribution >= 0.6 is 23.4 Å². The fourth-order valence-corrected chi connectivity index (χ4v) is 2.33. The lowest BCUT2D eigenvalue weighted by Gasteiger charge is -2.07. The molecule has 15 heavy (non-hydrogen) atoms. The number of rotatable bonds is 6. The van der Waals surface area contributed by atoms with Crippen molar-refractivity contribution in [3.8, 4) is 0 Å². The SMILES string of the molecule is CCC(N)CCCSc1ncccc1Cl. The van der Waals surface area contributed by atoms with Crippen molar-refractivity contribution in [3.05, 3.63) is 23.4 Å². The first kappa shape index (κ1) is 12.8. The number of hydrogen-bond donors (Lipinski definition) is 1. The molecule has 0 aliphatic heterocycles. The van der Waals surface area contributed by atoms with Gasteiger partial charge in [0.05, 0.1) is 5.02 Å². The molecule has 84 valence electrons. The maximum atomic E-state index is 5.98. The molecule has 0 saturated heterocycles. The molecule has 0 bridgehead atoms. The van der Waals surface area contributed by atoms with Crippen molar-refractivity contribution in [3.63, 3.8) is 0 Å². The first-order valence-corrected chi connectivity index (χ1v) is 6.59. The fourth-order valence-electron chi connectivity index (χ4n) is 1.20. The van der Waals surface area contributed by atoms with Gasteiger partial charge in [-0.2, -0.15) is 0 Å². The van der Waals surface area contributed by atoms with E-state index in [1.165, 1.54) is 0 Å². The van der Waals surface area contributed by atoms with Crippen molar-refractivity contribution < 1.29 is 0 Å². The van der Waals surface area contributed by atoms with E-state index in [0.717, 1.165) is 35.1 Å². The van der Waals surface area contributed by atoms with Crippen LogP contribution in [0.15, 0.2) is 23.4 Å². The highest BCUT2D eigenvalue weighted by Gasteiger charge is 2.02. The third kappa shape index (κ3) is 4.87. The summed E-state index contributed by atoms with van der Waals surface area (Å²) in [6, 6.07) is 4.05. The van der Waals surface area contributed by atoms with Crippen molar-refractivity contribution in [1.82, 2.24) is 4.98 Å². The van der Waals surface area contributed by atoms with Gasteiger partial charge in [0.1, 0.15) is 5.03 Å². The molecule has 1 unspecified atom stereocenters. The summed E-state index contributed by atoms with van der Waals surface area (Å²) in [5, 5.41) is 1.66. The van der Waals surface area contributed by atoms with Gasteiger partial charge in [0, 0.05) is 12.2 Å². The molecule has 1 atom stereocenters. The standard InChI is InChI=1S/C11H17ClN2S/c1-2-9(13)5-4-8-15-11-10(12)6-3-7-14-11/h3,6-7,9H,2,4-5,8,13H2,1H3. The lowest BCUT2D eigenvalue weighted by atomic mass is 10.1.